The van der Waals surface area contributed by atoms with Crippen molar-refractivity contribution in [1.29, 1.82) is 0 Å². The van der Waals surface area contributed by atoms with E-state index in [1.165, 1.54) is 38.5 Å². The van der Waals surface area contributed by atoms with E-state index in [9.17, 15) is 32.4 Å². The lowest BCUT2D eigenvalue weighted by Gasteiger charge is -2.18. The van der Waals surface area contributed by atoms with Crippen LogP contribution in [0.4, 0.5) is 0 Å². The van der Waals surface area contributed by atoms with E-state index < -0.39 is 70.1 Å². The number of esters is 1. The highest BCUT2D eigenvalue weighted by molar-refractivity contribution is 7.87. The molecule has 0 aromatic heterocycles. The molecule has 0 saturated heterocycles. The molecule has 0 aliphatic heterocycles. The molecule has 0 fully saturated rings. The predicted molar refractivity (Wildman–Crippen MR) is 127 cm³/mol. The molecule has 0 heterocycles. The maximum Gasteiger partial charge on any atom is 0.336 e. The first kappa shape index (κ1) is 36.4. The number of carboxylic acids is 4. The molecule has 1 unspecified atom stereocenters. The summed E-state index contributed by atoms with van der Waals surface area (Å²) in [6.07, 6.45) is 7.80. The van der Waals surface area contributed by atoms with Crippen LogP contribution >= 0.6 is 0 Å². The van der Waals surface area contributed by atoms with Crippen molar-refractivity contribution < 1.29 is 67.2 Å². The molecule has 0 spiro atoms. The second-order valence-corrected chi connectivity index (χ2v) is 10.0. The van der Waals surface area contributed by atoms with Gasteiger partial charge < -0.3 is 30.3 Å². The molecular weight excluding hydrogens is 520 g/mol. The van der Waals surface area contributed by atoms with Gasteiger partial charge in [-0.1, -0.05) is 64.7 Å². The predicted octanol–water partition coefficient (Wildman–Crippen LogP) is 1.93. The van der Waals surface area contributed by atoms with Gasteiger partial charge in [-0.25, -0.2) is 4.79 Å². The molecule has 216 valence electrons. The van der Waals surface area contributed by atoms with E-state index in [-0.39, 0.29) is 6.61 Å². The van der Waals surface area contributed by atoms with Gasteiger partial charge in [-0.15, -0.1) is 0 Å². The largest absolute Gasteiger partial charge is 0.481 e. The number of carbonyl (C=O) groups is 5. The molecule has 0 rings (SSSR count). The van der Waals surface area contributed by atoms with Gasteiger partial charge in [0.15, 0.2) is 10.9 Å². The first-order valence-corrected chi connectivity index (χ1v) is 13.3. The summed E-state index contributed by atoms with van der Waals surface area (Å²) in [4.78, 5) is 52.6. The minimum absolute atomic E-state index is 0.0287. The van der Waals surface area contributed by atoms with E-state index in [0.717, 1.165) is 19.3 Å². The Balaban J connectivity index is 0. The fourth-order valence-corrected chi connectivity index (χ4v) is 3.70. The summed E-state index contributed by atoms with van der Waals surface area (Å²) in [7, 11) is -4.78. The molecule has 0 aliphatic rings. The Morgan fingerprint density at radius 1 is 0.730 bits per heavy atom. The van der Waals surface area contributed by atoms with Crippen molar-refractivity contribution in [3.63, 3.8) is 0 Å². The van der Waals surface area contributed by atoms with Crippen LogP contribution in [0.1, 0.15) is 90.4 Å². The fourth-order valence-electron chi connectivity index (χ4n) is 3.04. The number of aliphatic hydroxyl groups is 1. The molecule has 6 N–H and O–H groups in total. The van der Waals surface area contributed by atoms with Crippen LogP contribution in [0.3, 0.4) is 0 Å². The quantitative estimate of drug-likeness (QED) is 0.0709. The van der Waals surface area contributed by atoms with E-state index in [4.69, 9.17) is 34.8 Å². The van der Waals surface area contributed by atoms with Crippen LogP contribution < -0.4 is 0 Å². The highest BCUT2D eigenvalue weighted by atomic mass is 32.2. The minimum Gasteiger partial charge on any atom is -0.481 e. The molecule has 0 bridgehead atoms. The van der Waals surface area contributed by atoms with Crippen molar-refractivity contribution in [1.82, 2.24) is 0 Å². The number of hydrogen-bond donors (Lipinski definition) is 6. The Kier molecular flexibility index (Phi) is 19.0. The maximum atomic E-state index is 11.6. The summed E-state index contributed by atoms with van der Waals surface area (Å²) in [6.45, 7) is 2.22. The highest BCUT2D eigenvalue weighted by Gasteiger charge is 2.40. The molecule has 1 atom stereocenters. The van der Waals surface area contributed by atoms with E-state index in [0.29, 0.717) is 6.42 Å². The third kappa shape index (κ3) is 20.0. The topological polar surface area (TPSA) is 250 Å². The molecular formula is C22H38O14S. The van der Waals surface area contributed by atoms with Gasteiger partial charge in [-0.3, -0.25) is 23.7 Å². The summed E-state index contributed by atoms with van der Waals surface area (Å²) < 4.78 is 35.6. The molecule has 0 saturated carbocycles. The highest BCUT2D eigenvalue weighted by Crippen LogP contribution is 2.16. The van der Waals surface area contributed by atoms with Crippen LogP contribution in [0.5, 0.6) is 0 Å². The van der Waals surface area contributed by atoms with Crippen LogP contribution in [0.15, 0.2) is 0 Å². The average Bonchev–Trinajstić information content (AvgIpc) is 2.74. The fraction of sp³-hybridized carbons (Fsp3) is 0.773. The second kappa shape index (κ2) is 19.3. The molecule has 0 radical (unpaired) electrons. The molecule has 0 aromatic rings. The molecule has 0 amide bonds. The summed E-state index contributed by atoms with van der Waals surface area (Å²) in [5, 5.41) is 40.3. The van der Waals surface area contributed by atoms with Crippen LogP contribution in [0.25, 0.3) is 0 Å². The van der Waals surface area contributed by atoms with E-state index in [1.807, 2.05) is 0 Å². The number of ether oxygens (including phenoxy) is 1. The van der Waals surface area contributed by atoms with Gasteiger partial charge >= 0.3 is 29.8 Å². The Hall–Kier alpha value is -2.78. The van der Waals surface area contributed by atoms with Crippen molar-refractivity contribution >= 4 is 40.0 Å². The summed E-state index contributed by atoms with van der Waals surface area (Å²) in [6, 6.07) is 0. The van der Waals surface area contributed by atoms with E-state index in [2.05, 4.69) is 6.92 Å². The molecule has 15 heteroatoms. The van der Waals surface area contributed by atoms with E-state index in [1.54, 1.807) is 0 Å². The van der Waals surface area contributed by atoms with Crippen molar-refractivity contribution in [3.8, 4) is 0 Å². The zero-order chi connectivity index (χ0) is 29.1. The van der Waals surface area contributed by atoms with Crippen LogP contribution in [-0.2, 0) is 38.8 Å². The monoisotopic (exact) mass is 558 g/mol. The Bertz CT molecular complexity index is 820. The Morgan fingerprint density at radius 3 is 1.46 bits per heavy atom. The molecule has 0 aromatic carbocycles. The Labute approximate surface area is 215 Å². The molecule has 0 aliphatic carbocycles. The Morgan fingerprint density at radius 2 is 1.14 bits per heavy atom. The summed E-state index contributed by atoms with van der Waals surface area (Å²) >= 11 is 0. The third-order valence-corrected chi connectivity index (χ3v) is 6.09. The number of rotatable bonds is 20. The van der Waals surface area contributed by atoms with Crippen molar-refractivity contribution in [2.24, 2.45) is 0 Å². The normalized spacial score (nSPS) is 12.1. The SMILES string of the molecule is CCCCCCCCCCCCOC(=O)C(CC(=O)O)S(=O)(=O)O.O=C(O)CC(O)(CC(=O)O)C(=O)O. The average molecular weight is 559 g/mol. The van der Waals surface area contributed by atoms with Gasteiger partial charge in [0.2, 0.25) is 0 Å². The van der Waals surface area contributed by atoms with Gasteiger partial charge in [0.1, 0.15) is 0 Å². The first-order valence-electron chi connectivity index (χ1n) is 11.8. The first-order chi connectivity index (χ1) is 17.1. The lowest BCUT2D eigenvalue weighted by molar-refractivity contribution is -0.170. The van der Waals surface area contributed by atoms with Gasteiger partial charge in [0.05, 0.1) is 25.9 Å². The van der Waals surface area contributed by atoms with Gasteiger partial charge in [0.25, 0.3) is 10.1 Å². The van der Waals surface area contributed by atoms with Gasteiger partial charge in [-0.2, -0.15) is 8.42 Å². The number of carboxylic acid groups (broad SMARTS) is 4. The lowest BCUT2D eigenvalue weighted by Crippen LogP contribution is -2.42. The minimum atomic E-state index is -4.78. The lowest BCUT2D eigenvalue weighted by atomic mass is 9.96. The van der Waals surface area contributed by atoms with Crippen LogP contribution in [0, 0.1) is 0 Å². The van der Waals surface area contributed by atoms with Gasteiger partial charge in [0, 0.05) is 0 Å². The number of hydrogen-bond acceptors (Lipinski definition) is 9. The van der Waals surface area contributed by atoms with Crippen LogP contribution in [0.2, 0.25) is 0 Å². The number of aliphatic carboxylic acids is 4. The van der Waals surface area contributed by atoms with Crippen molar-refractivity contribution in [3.05, 3.63) is 0 Å². The van der Waals surface area contributed by atoms with Crippen molar-refractivity contribution in [2.45, 2.75) is 101 Å². The van der Waals surface area contributed by atoms with Crippen LogP contribution in [-0.4, -0.2) is 85.8 Å². The maximum absolute atomic E-state index is 11.6. The molecule has 37 heavy (non-hydrogen) atoms. The third-order valence-electron chi connectivity index (χ3n) is 5.01. The standard InChI is InChI=1S/C16H30O7S.C6H8O7/c1-2-3-4-5-6-7-8-9-10-11-12-23-16(19)14(13-15(17)18)24(20,21)22;7-3(8)1-6(13,5(11)12)2-4(9)10/h14H,2-13H2,1H3,(H,17,18)(H,20,21,22);13H,1-2H2,(H,7,8)(H,9,10)(H,11,12). The summed E-state index contributed by atoms with van der Waals surface area (Å²) in [5.41, 5.74) is -2.74. The smallest absolute Gasteiger partial charge is 0.336 e. The van der Waals surface area contributed by atoms with Gasteiger partial charge in [-0.05, 0) is 6.42 Å². The number of unbranched alkanes of at least 4 members (excludes halogenated alkanes) is 9. The molecule has 14 nitrogen and oxygen atoms in total. The zero-order valence-corrected chi connectivity index (χ0v) is 21.7. The van der Waals surface area contributed by atoms with Crippen molar-refractivity contribution in [2.75, 3.05) is 6.61 Å². The second-order valence-electron chi connectivity index (χ2n) is 8.43. The zero-order valence-electron chi connectivity index (χ0n) is 20.8. The summed E-state index contributed by atoms with van der Waals surface area (Å²) in [5.74, 6) is -7.72. The van der Waals surface area contributed by atoms with E-state index >= 15 is 0 Å². The number of carbonyl (C=O) groups excluding carboxylic acids is 1.